The van der Waals surface area contributed by atoms with Crippen LogP contribution in [0.25, 0.3) is 0 Å². The van der Waals surface area contributed by atoms with Crippen molar-refractivity contribution in [2.75, 3.05) is 45.8 Å². The van der Waals surface area contributed by atoms with Crippen molar-refractivity contribution >= 4 is 11.9 Å². The lowest BCUT2D eigenvalue weighted by atomic mass is 9.88. The van der Waals surface area contributed by atoms with E-state index in [0.29, 0.717) is 17.9 Å². The van der Waals surface area contributed by atoms with E-state index in [2.05, 4.69) is 32.3 Å². The monoisotopic (exact) mass is 321 g/mol. The lowest BCUT2D eigenvalue weighted by molar-refractivity contribution is -0.138. The van der Waals surface area contributed by atoms with Gasteiger partial charge in [0.25, 0.3) is 0 Å². The minimum absolute atomic E-state index is 0.311. The maximum absolute atomic E-state index is 12.5. The molecule has 0 aromatic rings. The highest BCUT2D eigenvalue weighted by Gasteiger charge is 2.28. The lowest BCUT2D eigenvalue weighted by Gasteiger charge is -2.37. The summed E-state index contributed by atoms with van der Waals surface area (Å²) in [5.74, 6) is 1.66. The molecular formula is C17H31N5O. The highest BCUT2D eigenvalue weighted by Crippen LogP contribution is 2.25. The Morgan fingerprint density at radius 1 is 1.22 bits per heavy atom. The van der Waals surface area contributed by atoms with Gasteiger partial charge in [0.15, 0.2) is 5.96 Å². The van der Waals surface area contributed by atoms with Gasteiger partial charge in [-0.2, -0.15) is 0 Å². The van der Waals surface area contributed by atoms with Gasteiger partial charge in [0.1, 0.15) is 0 Å². The van der Waals surface area contributed by atoms with Crippen LogP contribution in [0.3, 0.4) is 0 Å². The summed E-state index contributed by atoms with van der Waals surface area (Å²) in [6.07, 6.45) is 5.99. The Kier molecular flexibility index (Phi) is 5.75. The molecule has 130 valence electrons. The number of hydrogen-bond acceptors (Lipinski definition) is 5. The normalized spacial score (nSPS) is 26.7. The summed E-state index contributed by atoms with van der Waals surface area (Å²) in [6.45, 7) is 8.71. The van der Waals surface area contributed by atoms with Crippen LogP contribution >= 0.6 is 0 Å². The number of piperazine rings is 1. The van der Waals surface area contributed by atoms with Crippen molar-refractivity contribution in [3.05, 3.63) is 0 Å². The Morgan fingerprint density at radius 3 is 2.61 bits per heavy atom. The molecule has 2 N–H and O–H groups in total. The van der Waals surface area contributed by atoms with Crippen molar-refractivity contribution in [2.45, 2.75) is 45.1 Å². The minimum atomic E-state index is 0.311. The van der Waals surface area contributed by atoms with E-state index in [4.69, 9.17) is 0 Å². The Bertz CT molecular complexity index is 425. The smallest absolute Gasteiger partial charge is 0.225 e. The molecule has 1 saturated heterocycles. The van der Waals surface area contributed by atoms with Crippen LogP contribution in [0.15, 0.2) is 4.99 Å². The molecule has 6 heteroatoms. The zero-order valence-electron chi connectivity index (χ0n) is 14.4. The molecule has 2 fully saturated rings. The third-order valence-corrected chi connectivity index (χ3v) is 5.27. The Labute approximate surface area is 139 Å². The van der Waals surface area contributed by atoms with Crippen LogP contribution in [0.4, 0.5) is 0 Å². The summed E-state index contributed by atoms with van der Waals surface area (Å²) in [6, 6.07) is 0.451. The van der Waals surface area contributed by atoms with E-state index >= 15 is 0 Å². The number of nitrogens with one attached hydrogen (secondary N) is 2. The zero-order valence-corrected chi connectivity index (χ0v) is 14.4. The predicted molar refractivity (Wildman–Crippen MR) is 92.5 cm³/mol. The van der Waals surface area contributed by atoms with Crippen molar-refractivity contribution in [3.8, 4) is 0 Å². The van der Waals surface area contributed by atoms with Gasteiger partial charge in [-0.3, -0.25) is 14.7 Å². The van der Waals surface area contributed by atoms with Crippen LogP contribution in [0.2, 0.25) is 0 Å². The standard InChI is InChI=1S/C17H31N5O/c1-14-13-19-17(20-14)18-7-8-21-9-11-22(12-10-21)16(23)15-5-3-2-4-6-15/h14-15H,2-13H2,1H3,(H2,18,19,20). The minimum Gasteiger partial charge on any atom is -0.355 e. The number of aliphatic imine (C=N–C) groups is 1. The number of hydrogen-bond donors (Lipinski definition) is 2. The number of carbonyl (C=O) groups excluding carboxylic acids is 1. The first-order valence-corrected chi connectivity index (χ1v) is 9.28. The van der Waals surface area contributed by atoms with Crippen molar-refractivity contribution < 1.29 is 4.79 Å². The van der Waals surface area contributed by atoms with Crippen molar-refractivity contribution in [1.82, 2.24) is 20.4 Å². The van der Waals surface area contributed by atoms with E-state index in [9.17, 15) is 4.79 Å². The molecule has 1 aliphatic carbocycles. The van der Waals surface area contributed by atoms with Crippen LogP contribution in [0.5, 0.6) is 0 Å². The molecule has 2 heterocycles. The summed E-state index contributed by atoms with van der Waals surface area (Å²) in [7, 11) is 0. The van der Waals surface area contributed by atoms with Gasteiger partial charge in [0.05, 0.1) is 6.54 Å². The Balaban J connectivity index is 1.33. The molecule has 0 aromatic heterocycles. The molecule has 1 atom stereocenters. The second-order valence-corrected chi connectivity index (χ2v) is 7.16. The first-order valence-electron chi connectivity index (χ1n) is 9.28. The fourth-order valence-electron chi connectivity index (χ4n) is 3.79. The second-order valence-electron chi connectivity index (χ2n) is 7.16. The first-order chi connectivity index (χ1) is 11.2. The van der Waals surface area contributed by atoms with Crippen LogP contribution < -0.4 is 10.6 Å². The van der Waals surface area contributed by atoms with Gasteiger partial charge < -0.3 is 15.5 Å². The van der Waals surface area contributed by atoms with E-state index in [1.165, 1.54) is 19.3 Å². The molecule has 0 spiro atoms. The summed E-state index contributed by atoms with van der Waals surface area (Å²) < 4.78 is 0. The first kappa shape index (κ1) is 16.6. The second kappa shape index (κ2) is 7.99. The Hall–Kier alpha value is -1.30. The fraction of sp³-hybridized carbons (Fsp3) is 0.882. The molecule has 0 radical (unpaired) electrons. The third-order valence-electron chi connectivity index (χ3n) is 5.27. The fourth-order valence-corrected chi connectivity index (χ4v) is 3.79. The van der Waals surface area contributed by atoms with Gasteiger partial charge >= 0.3 is 0 Å². The molecule has 2 aliphatic heterocycles. The van der Waals surface area contributed by atoms with Gasteiger partial charge in [-0.1, -0.05) is 19.3 Å². The number of amides is 1. The largest absolute Gasteiger partial charge is 0.355 e. The molecular weight excluding hydrogens is 290 g/mol. The van der Waals surface area contributed by atoms with E-state index in [1.807, 2.05) is 0 Å². The molecule has 3 aliphatic rings. The van der Waals surface area contributed by atoms with Crippen LogP contribution in [0, 0.1) is 5.92 Å². The summed E-state index contributed by atoms with van der Waals surface area (Å²) in [5, 5.41) is 6.68. The van der Waals surface area contributed by atoms with E-state index < -0.39 is 0 Å². The molecule has 0 bridgehead atoms. The maximum Gasteiger partial charge on any atom is 0.225 e. The highest BCUT2D eigenvalue weighted by atomic mass is 16.2. The lowest BCUT2D eigenvalue weighted by Crippen LogP contribution is -2.52. The number of nitrogens with zero attached hydrogens (tertiary/aromatic N) is 3. The molecule has 0 aromatic carbocycles. The van der Waals surface area contributed by atoms with Crippen LogP contribution in [0.1, 0.15) is 39.0 Å². The van der Waals surface area contributed by atoms with Gasteiger partial charge in [0, 0.05) is 51.2 Å². The quantitative estimate of drug-likeness (QED) is 0.798. The average molecular weight is 321 g/mol. The van der Waals surface area contributed by atoms with Gasteiger partial charge in [-0.15, -0.1) is 0 Å². The molecule has 23 heavy (non-hydrogen) atoms. The summed E-state index contributed by atoms with van der Waals surface area (Å²) in [4.78, 5) is 21.5. The zero-order chi connectivity index (χ0) is 16.1. The molecule has 1 unspecified atom stereocenters. The number of carbonyl (C=O) groups is 1. The molecule has 3 rings (SSSR count). The Morgan fingerprint density at radius 2 is 1.96 bits per heavy atom. The van der Waals surface area contributed by atoms with Gasteiger partial charge in [0.2, 0.25) is 5.91 Å². The van der Waals surface area contributed by atoms with E-state index in [-0.39, 0.29) is 0 Å². The number of guanidine groups is 1. The molecule has 6 nitrogen and oxygen atoms in total. The van der Waals surface area contributed by atoms with Crippen molar-refractivity contribution in [2.24, 2.45) is 10.9 Å². The van der Waals surface area contributed by atoms with E-state index in [1.54, 1.807) is 0 Å². The SMILES string of the molecule is CC1CN=C(NCCN2CCN(C(=O)C3CCCCC3)CC2)N1. The van der Waals surface area contributed by atoms with Crippen LogP contribution in [-0.2, 0) is 4.79 Å². The average Bonchev–Trinajstić information content (AvgIpc) is 3.01. The van der Waals surface area contributed by atoms with Crippen molar-refractivity contribution in [1.29, 1.82) is 0 Å². The van der Waals surface area contributed by atoms with Crippen molar-refractivity contribution in [3.63, 3.8) is 0 Å². The van der Waals surface area contributed by atoms with Gasteiger partial charge in [-0.25, -0.2) is 0 Å². The molecule has 1 amide bonds. The summed E-state index contributed by atoms with van der Waals surface area (Å²) >= 11 is 0. The topological polar surface area (TPSA) is 60.0 Å². The van der Waals surface area contributed by atoms with Crippen LogP contribution in [-0.4, -0.2) is 73.5 Å². The highest BCUT2D eigenvalue weighted by molar-refractivity contribution is 5.81. The van der Waals surface area contributed by atoms with Gasteiger partial charge in [-0.05, 0) is 19.8 Å². The summed E-state index contributed by atoms with van der Waals surface area (Å²) in [5.41, 5.74) is 0. The predicted octanol–water partition coefficient (Wildman–Crippen LogP) is 0.648. The van der Waals surface area contributed by atoms with E-state index in [0.717, 1.165) is 64.6 Å². The maximum atomic E-state index is 12.5. The third kappa shape index (κ3) is 4.59. The molecule has 1 saturated carbocycles. The number of rotatable bonds is 4.